The molecule has 0 aromatic heterocycles. The predicted octanol–water partition coefficient (Wildman–Crippen LogP) is 1.47. The van der Waals surface area contributed by atoms with Crippen LogP contribution in [0.15, 0.2) is 18.2 Å². The first-order valence-electron chi connectivity index (χ1n) is 8.37. The molecule has 0 spiro atoms. The number of carbonyl (C=O) groups is 3. The third-order valence-corrected chi connectivity index (χ3v) is 4.70. The molecule has 1 aliphatic heterocycles. The quantitative estimate of drug-likeness (QED) is 0.821. The molecule has 24 heavy (non-hydrogen) atoms. The van der Waals surface area contributed by atoms with Crippen LogP contribution in [0.2, 0.25) is 0 Å². The van der Waals surface area contributed by atoms with Crippen LogP contribution >= 0.6 is 0 Å². The number of urea groups is 1. The largest absolute Gasteiger partial charge is 0.352 e. The van der Waals surface area contributed by atoms with E-state index >= 15 is 0 Å². The van der Waals surface area contributed by atoms with E-state index in [4.69, 9.17) is 0 Å². The first-order chi connectivity index (χ1) is 11.3. The van der Waals surface area contributed by atoms with Gasteiger partial charge in [-0.1, -0.05) is 18.2 Å². The van der Waals surface area contributed by atoms with Gasteiger partial charge >= 0.3 is 6.03 Å². The molecular weight excluding hydrogens is 306 g/mol. The lowest BCUT2D eigenvalue weighted by molar-refractivity contribution is -0.135. The second kappa shape index (κ2) is 5.92. The van der Waals surface area contributed by atoms with Gasteiger partial charge in [0.2, 0.25) is 5.91 Å². The zero-order valence-electron chi connectivity index (χ0n) is 14.3. The number of benzene rings is 1. The molecule has 2 N–H and O–H groups in total. The molecule has 2 aliphatic rings. The summed E-state index contributed by atoms with van der Waals surface area (Å²) in [5.74, 6) is -0.726. The minimum absolute atomic E-state index is 0.0404. The van der Waals surface area contributed by atoms with Crippen molar-refractivity contribution in [3.8, 4) is 0 Å². The number of hydrogen-bond donors (Lipinski definition) is 2. The molecule has 0 saturated carbocycles. The van der Waals surface area contributed by atoms with Crippen molar-refractivity contribution in [3.63, 3.8) is 0 Å². The first kappa shape index (κ1) is 16.5. The summed E-state index contributed by atoms with van der Waals surface area (Å²) in [5, 5.41) is 5.45. The van der Waals surface area contributed by atoms with Gasteiger partial charge in [-0.15, -0.1) is 0 Å². The number of imide groups is 1. The van der Waals surface area contributed by atoms with Gasteiger partial charge in [-0.2, -0.15) is 0 Å². The van der Waals surface area contributed by atoms with E-state index in [1.807, 2.05) is 32.0 Å². The lowest BCUT2D eigenvalue weighted by Crippen LogP contribution is -2.44. The highest BCUT2D eigenvalue weighted by atomic mass is 16.2. The van der Waals surface area contributed by atoms with E-state index in [-0.39, 0.29) is 24.4 Å². The standard InChI is InChI=1S/C18H23N3O3/c1-11(2)19-15(22)10-21-16(23)18(3,20-17(21)24)14-8-7-12-5-4-6-13(12)9-14/h7-9,11H,4-6,10H2,1-3H3,(H,19,22)(H,20,24). The van der Waals surface area contributed by atoms with Gasteiger partial charge in [0, 0.05) is 6.04 Å². The van der Waals surface area contributed by atoms with Crippen molar-refractivity contribution in [3.05, 3.63) is 34.9 Å². The summed E-state index contributed by atoms with van der Waals surface area (Å²) in [5.41, 5.74) is 2.21. The third kappa shape index (κ3) is 2.77. The molecule has 128 valence electrons. The minimum atomic E-state index is -1.12. The van der Waals surface area contributed by atoms with E-state index in [2.05, 4.69) is 10.6 Å². The Balaban J connectivity index is 1.83. The van der Waals surface area contributed by atoms with Crippen LogP contribution in [0.1, 0.15) is 43.9 Å². The molecule has 1 fully saturated rings. The van der Waals surface area contributed by atoms with Gasteiger partial charge in [-0.25, -0.2) is 4.79 Å². The molecule has 4 amide bonds. The van der Waals surface area contributed by atoms with Crippen LogP contribution in [0, 0.1) is 0 Å². The monoisotopic (exact) mass is 329 g/mol. The van der Waals surface area contributed by atoms with E-state index in [0.717, 1.165) is 29.7 Å². The Morgan fingerprint density at radius 2 is 2.00 bits per heavy atom. The maximum atomic E-state index is 12.8. The SMILES string of the molecule is CC(C)NC(=O)CN1C(=O)NC(C)(c2ccc3c(c2)CCC3)C1=O. The molecule has 1 unspecified atom stereocenters. The lowest BCUT2D eigenvalue weighted by Gasteiger charge is -2.23. The topological polar surface area (TPSA) is 78.5 Å². The summed E-state index contributed by atoms with van der Waals surface area (Å²) in [6.07, 6.45) is 3.19. The van der Waals surface area contributed by atoms with Crippen LogP contribution in [0.25, 0.3) is 0 Å². The zero-order chi connectivity index (χ0) is 17.5. The average molecular weight is 329 g/mol. The average Bonchev–Trinajstić information content (AvgIpc) is 3.05. The van der Waals surface area contributed by atoms with Crippen molar-refractivity contribution in [2.45, 2.75) is 51.6 Å². The number of fused-ring (bicyclic) bond motifs is 1. The third-order valence-electron chi connectivity index (χ3n) is 4.70. The summed E-state index contributed by atoms with van der Waals surface area (Å²) < 4.78 is 0. The molecule has 3 rings (SSSR count). The fourth-order valence-electron chi connectivity index (χ4n) is 3.43. The number of rotatable bonds is 4. The van der Waals surface area contributed by atoms with Gasteiger partial charge in [0.1, 0.15) is 12.1 Å². The highest BCUT2D eigenvalue weighted by Crippen LogP contribution is 2.32. The van der Waals surface area contributed by atoms with Gasteiger partial charge in [0.15, 0.2) is 0 Å². The molecule has 1 aliphatic carbocycles. The Hall–Kier alpha value is -2.37. The summed E-state index contributed by atoms with van der Waals surface area (Å²) in [4.78, 5) is 38.0. The molecule has 0 radical (unpaired) electrons. The Labute approximate surface area is 141 Å². The normalized spacial score (nSPS) is 22.8. The van der Waals surface area contributed by atoms with Gasteiger partial charge in [-0.05, 0) is 56.7 Å². The van der Waals surface area contributed by atoms with Crippen molar-refractivity contribution in [1.29, 1.82) is 0 Å². The van der Waals surface area contributed by atoms with E-state index in [9.17, 15) is 14.4 Å². The zero-order valence-corrected chi connectivity index (χ0v) is 14.3. The highest BCUT2D eigenvalue weighted by Gasteiger charge is 2.49. The summed E-state index contributed by atoms with van der Waals surface area (Å²) >= 11 is 0. The maximum Gasteiger partial charge on any atom is 0.325 e. The van der Waals surface area contributed by atoms with Crippen molar-refractivity contribution in [2.75, 3.05) is 6.54 Å². The molecule has 1 aromatic carbocycles. The molecule has 6 heteroatoms. The summed E-state index contributed by atoms with van der Waals surface area (Å²) in [6.45, 7) is 5.10. The van der Waals surface area contributed by atoms with Crippen molar-refractivity contribution in [1.82, 2.24) is 15.5 Å². The smallest absolute Gasteiger partial charge is 0.325 e. The lowest BCUT2D eigenvalue weighted by atomic mass is 9.89. The van der Waals surface area contributed by atoms with Crippen LogP contribution < -0.4 is 10.6 Å². The molecular formula is C18H23N3O3. The first-order valence-corrected chi connectivity index (χ1v) is 8.37. The van der Waals surface area contributed by atoms with E-state index in [0.29, 0.717) is 0 Å². The van der Waals surface area contributed by atoms with Crippen molar-refractivity contribution >= 4 is 17.8 Å². The molecule has 1 heterocycles. The number of hydrogen-bond acceptors (Lipinski definition) is 3. The van der Waals surface area contributed by atoms with Crippen LogP contribution in [-0.2, 0) is 28.0 Å². The molecule has 1 atom stereocenters. The van der Waals surface area contributed by atoms with Gasteiger partial charge in [-0.3, -0.25) is 14.5 Å². The maximum absolute atomic E-state index is 12.8. The Morgan fingerprint density at radius 1 is 1.29 bits per heavy atom. The van der Waals surface area contributed by atoms with E-state index in [1.54, 1.807) is 6.92 Å². The second-order valence-electron chi connectivity index (χ2n) is 7.01. The molecule has 6 nitrogen and oxygen atoms in total. The highest BCUT2D eigenvalue weighted by molar-refractivity contribution is 6.09. The summed E-state index contributed by atoms with van der Waals surface area (Å²) in [7, 11) is 0. The fourth-order valence-corrected chi connectivity index (χ4v) is 3.43. The van der Waals surface area contributed by atoms with Crippen LogP contribution in [0.5, 0.6) is 0 Å². The minimum Gasteiger partial charge on any atom is -0.352 e. The van der Waals surface area contributed by atoms with E-state index < -0.39 is 11.6 Å². The van der Waals surface area contributed by atoms with Crippen LogP contribution in [0.4, 0.5) is 4.79 Å². The molecule has 1 saturated heterocycles. The van der Waals surface area contributed by atoms with E-state index in [1.165, 1.54) is 11.1 Å². The van der Waals surface area contributed by atoms with Gasteiger partial charge in [0.05, 0.1) is 0 Å². The number of aryl methyl sites for hydroxylation is 2. The Bertz CT molecular complexity index is 713. The molecule has 0 bridgehead atoms. The van der Waals surface area contributed by atoms with Gasteiger partial charge < -0.3 is 10.6 Å². The number of amides is 4. The number of nitrogens with zero attached hydrogens (tertiary/aromatic N) is 1. The second-order valence-corrected chi connectivity index (χ2v) is 7.01. The molecule has 1 aromatic rings. The Kier molecular flexibility index (Phi) is 4.07. The predicted molar refractivity (Wildman–Crippen MR) is 89.3 cm³/mol. The fraction of sp³-hybridized carbons (Fsp3) is 0.500. The van der Waals surface area contributed by atoms with Crippen LogP contribution in [-0.4, -0.2) is 35.3 Å². The van der Waals surface area contributed by atoms with Crippen molar-refractivity contribution < 1.29 is 14.4 Å². The van der Waals surface area contributed by atoms with Crippen molar-refractivity contribution in [2.24, 2.45) is 0 Å². The van der Waals surface area contributed by atoms with Gasteiger partial charge in [0.25, 0.3) is 5.91 Å². The number of nitrogens with one attached hydrogen (secondary N) is 2. The Morgan fingerprint density at radius 3 is 2.71 bits per heavy atom. The summed E-state index contributed by atoms with van der Waals surface area (Å²) in [6, 6.07) is 5.39. The number of carbonyl (C=O) groups excluding carboxylic acids is 3. The van der Waals surface area contributed by atoms with Crippen LogP contribution in [0.3, 0.4) is 0 Å².